The van der Waals surface area contributed by atoms with Gasteiger partial charge in [0.1, 0.15) is 10.8 Å². The minimum absolute atomic E-state index is 0.0214. The number of rotatable bonds is 6. The summed E-state index contributed by atoms with van der Waals surface area (Å²) in [6, 6.07) is 15.9. The van der Waals surface area contributed by atoms with Gasteiger partial charge in [0.25, 0.3) is 0 Å². The van der Waals surface area contributed by atoms with Crippen molar-refractivity contribution >= 4 is 22.4 Å². The topological polar surface area (TPSA) is 46.1 Å². The van der Waals surface area contributed by atoms with Crippen LogP contribution in [0.1, 0.15) is 19.4 Å². The van der Waals surface area contributed by atoms with Gasteiger partial charge in [0.05, 0.1) is 6.42 Å². The molecule has 4 nitrogen and oxygen atoms in total. The Labute approximate surface area is 156 Å². The summed E-state index contributed by atoms with van der Waals surface area (Å²) < 4.78 is 13.5. The average molecular weight is 369 g/mol. The first kappa shape index (κ1) is 18.2. The fourth-order valence-corrected chi connectivity index (χ4v) is 3.45. The van der Waals surface area contributed by atoms with E-state index in [-0.39, 0.29) is 17.6 Å². The maximum absolute atomic E-state index is 13.5. The highest BCUT2D eigenvalue weighted by molar-refractivity contribution is 7.18. The minimum atomic E-state index is -0.321. The van der Waals surface area contributed by atoms with E-state index >= 15 is 0 Å². The smallest absolute Gasteiger partial charge is 0.233 e. The summed E-state index contributed by atoms with van der Waals surface area (Å²) in [4.78, 5) is 14.5. The molecule has 0 aliphatic heterocycles. The van der Waals surface area contributed by atoms with Crippen LogP contribution in [-0.4, -0.2) is 22.6 Å². The molecule has 0 aliphatic carbocycles. The SMILES string of the molecule is CC(C)CN(C(=O)Cc1ccccc1)c1nnc(-c2cccc(F)c2)s1. The van der Waals surface area contributed by atoms with Crippen LogP contribution in [-0.2, 0) is 11.2 Å². The Morgan fingerprint density at radius 2 is 1.88 bits per heavy atom. The van der Waals surface area contributed by atoms with E-state index in [4.69, 9.17) is 0 Å². The van der Waals surface area contributed by atoms with Gasteiger partial charge in [-0.15, -0.1) is 10.2 Å². The molecular weight excluding hydrogens is 349 g/mol. The van der Waals surface area contributed by atoms with Crippen molar-refractivity contribution in [2.45, 2.75) is 20.3 Å². The van der Waals surface area contributed by atoms with E-state index in [1.165, 1.54) is 23.5 Å². The zero-order chi connectivity index (χ0) is 18.5. The standard InChI is InChI=1S/C20H20FN3OS/c1-14(2)13-24(18(25)11-15-7-4-3-5-8-15)20-23-22-19(26-20)16-9-6-10-17(21)12-16/h3-10,12,14H,11,13H2,1-2H3. The predicted molar refractivity (Wildman–Crippen MR) is 103 cm³/mol. The number of carbonyl (C=O) groups excluding carboxylic acids is 1. The fourth-order valence-electron chi connectivity index (χ4n) is 2.58. The molecule has 0 saturated carbocycles. The second-order valence-corrected chi connectivity index (χ2v) is 7.42. The first-order chi connectivity index (χ1) is 12.5. The van der Waals surface area contributed by atoms with Crippen molar-refractivity contribution in [2.24, 2.45) is 5.92 Å². The van der Waals surface area contributed by atoms with Gasteiger partial charge in [-0.3, -0.25) is 9.69 Å². The number of halogens is 1. The number of amides is 1. The molecule has 0 bridgehead atoms. The lowest BCUT2D eigenvalue weighted by Gasteiger charge is -2.21. The number of carbonyl (C=O) groups is 1. The lowest BCUT2D eigenvalue weighted by Crippen LogP contribution is -2.35. The number of benzene rings is 2. The molecule has 0 aliphatic rings. The molecule has 134 valence electrons. The Balaban J connectivity index is 1.85. The van der Waals surface area contributed by atoms with Crippen molar-refractivity contribution in [1.29, 1.82) is 0 Å². The molecule has 0 atom stereocenters. The van der Waals surface area contributed by atoms with Gasteiger partial charge < -0.3 is 0 Å². The Hall–Kier alpha value is -2.60. The summed E-state index contributed by atoms with van der Waals surface area (Å²) in [5.74, 6) is -0.0541. The second-order valence-electron chi connectivity index (χ2n) is 6.46. The second kappa shape index (κ2) is 8.19. The van der Waals surface area contributed by atoms with Crippen LogP contribution in [0, 0.1) is 11.7 Å². The fraction of sp³-hybridized carbons (Fsp3) is 0.250. The van der Waals surface area contributed by atoms with E-state index in [1.807, 2.05) is 30.3 Å². The summed E-state index contributed by atoms with van der Waals surface area (Å²) >= 11 is 1.30. The molecule has 0 unspecified atom stereocenters. The van der Waals surface area contributed by atoms with Crippen LogP contribution in [0.25, 0.3) is 10.6 Å². The van der Waals surface area contributed by atoms with Gasteiger partial charge in [-0.1, -0.05) is 67.6 Å². The van der Waals surface area contributed by atoms with Crippen molar-refractivity contribution in [3.8, 4) is 10.6 Å². The Morgan fingerprint density at radius 3 is 2.58 bits per heavy atom. The number of hydrogen-bond acceptors (Lipinski definition) is 4. The Bertz CT molecular complexity index is 880. The Kier molecular flexibility index (Phi) is 5.73. The third-order valence-electron chi connectivity index (χ3n) is 3.76. The van der Waals surface area contributed by atoms with Crippen LogP contribution in [0.3, 0.4) is 0 Å². The molecule has 1 heterocycles. The van der Waals surface area contributed by atoms with Crippen LogP contribution in [0.4, 0.5) is 9.52 Å². The molecule has 0 spiro atoms. The number of hydrogen-bond donors (Lipinski definition) is 0. The molecule has 1 amide bonds. The summed E-state index contributed by atoms with van der Waals surface area (Å²) in [5.41, 5.74) is 1.62. The molecule has 0 radical (unpaired) electrons. The maximum Gasteiger partial charge on any atom is 0.233 e. The van der Waals surface area contributed by atoms with Gasteiger partial charge in [0.15, 0.2) is 0 Å². The molecule has 3 rings (SSSR count). The van der Waals surface area contributed by atoms with Crippen LogP contribution in [0.15, 0.2) is 54.6 Å². The van der Waals surface area contributed by atoms with Gasteiger partial charge >= 0.3 is 0 Å². The van der Waals surface area contributed by atoms with E-state index < -0.39 is 0 Å². The zero-order valence-electron chi connectivity index (χ0n) is 14.7. The molecule has 26 heavy (non-hydrogen) atoms. The predicted octanol–water partition coefficient (Wildman–Crippen LogP) is 4.58. The highest BCUT2D eigenvalue weighted by atomic mass is 32.1. The van der Waals surface area contributed by atoms with Gasteiger partial charge in [-0.05, 0) is 23.6 Å². The Morgan fingerprint density at radius 1 is 1.12 bits per heavy atom. The van der Waals surface area contributed by atoms with E-state index in [9.17, 15) is 9.18 Å². The molecule has 0 fully saturated rings. The van der Waals surface area contributed by atoms with Crippen molar-refractivity contribution in [3.63, 3.8) is 0 Å². The van der Waals surface area contributed by atoms with Gasteiger partial charge in [-0.25, -0.2) is 4.39 Å². The molecule has 1 aromatic heterocycles. The third kappa shape index (κ3) is 4.52. The molecule has 2 aromatic carbocycles. The molecule has 3 aromatic rings. The summed E-state index contributed by atoms with van der Waals surface area (Å²) in [6.45, 7) is 4.66. The monoisotopic (exact) mass is 369 g/mol. The van der Waals surface area contributed by atoms with Crippen molar-refractivity contribution in [3.05, 3.63) is 66.0 Å². The maximum atomic E-state index is 13.5. The van der Waals surface area contributed by atoms with Crippen LogP contribution in [0.5, 0.6) is 0 Å². The van der Waals surface area contributed by atoms with Gasteiger partial charge in [0.2, 0.25) is 11.0 Å². The molecule has 6 heteroatoms. The zero-order valence-corrected chi connectivity index (χ0v) is 15.5. The summed E-state index contributed by atoms with van der Waals surface area (Å²) in [7, 11) is 0. The van der Waals surface area contributed by atoms with E-state index in [1.54, 1.807) is 17.0 Å². The average Bonchev–Trinajstić information content (AvgIpc) is 3.10. The molecule has 0 N–H and O–H groups in total. The lowest BCUT2D eigenvalue weighted by molar-refractivity contribution is -0.118. The van der Waals surface area contributed by atoms with Crippen molar-refractivity contribution in [1.82, 2.24) is 10.2 Å². The summed E-state index contributed by atoms with van der Waals surface area (Å²) in [6.07, 6.45) is 0.308. The van der Waals surface area contributed by atoms with Crippen LogP contribution in [0.2, 0.25) is 0 Å². The minimum Gasteiger partial charge on any atom is -0.286 e. The largest absolute Gasteiger partial charge is 0.286 e. The van der Waals surface area contributed by atoms with E-state index in [0.717, 1.165) is 5.56 Å². The number of nitrogens with zero attached hydrogens (tertiary/aromatic N) is 3. The third-order valence-corrected chi connectivity index (χ3v) is 4.76. The highest BCUT2D eigenvalue weighted by Gasteiger charge is 2.22. The highest BCUT2D eigenvalue weighted by Crippen LogP contribution is 2.30. The van der Waals surface area contributed by atoms with E-state index in [2.05, 4.69) is 24.0 Å². The molecule has 0 saturated heterocycles. The first-order valence-corrected chi connectivity index (χ1v) is 9.28. The van der Waals surface area contributed by atoms with Gasteiger partial charge in [0, 0.05) is 12.1 Å². The van der Waals surface area contributed by atoms with Crippen LogP contribution >= 0.6 is 11.3 Å². The quantitative estimate of drug-likeness (QED) is 0.639. The normalized spacial score (nSPS) is 10.9. The van der Waals surface area contributed by atoms with E-state index in [0.29, 0.717) is 28.7 Å². The van der Waals surface area contributed by atoms with Crippen LogP contribution < -0.4 is 4.90 Å². The number of aromatic nitrogens is 2. The summed E-state index contributed by atoms with van der Waals surface area (Å²) in [5, 5.41) is 9.48. The van der Waals surface area contributed by atoms with Gasteiger partial charge in [-0.2, -0.15) is 0 Å². The van der Waals surface area contributed by atoms with Crippen molar-refractivity contribution in [2.75, 3.05) is 11.4 Å². The number of anilines is 1. The van der Waals surface area contributed by atoms with Crippen molar-refractivity contribution < 1.29 is 9.18 Å². The lowest BCUT2D eigenvalue weighted by atomic mass is 10.1. The molecular formula is C20H20FN3OS. The first-order valence-electron chi connectivity index (χ1n) is 8.46.